The molecular weight excluding hydrogens is 444 g/mol. The number of thiazole rings is 1. The molecule has 1 aliphatic rings. The van der Waals surface area contributed by atoms with Gasteiger partial charge in [0.05, 0.1) is 0 Å². The van der Waals surface area contributed by atoms with Crippen molar-refractivity contribution in [3.05, 3.63) is 45.4 Å². The maximum absolute atomic E-state index is 13.3. The zero-order valence-corrected chi connectivity index (χ0v) is 18.6. The average molecular weight is 465 g/mol. The van der Waals surface area contributed by atoms with Crippen LogP contribution in [0.1, 0.15) is 29.2 Å². The summed E-state index contributed by atoms with van der Waals surface area (Å²) in [6, 6.07) is 3.85. The molecule has 1 aliphatic heterocycles. The van der Waals surface area contributed by atoms with Crippen molar-refractivity contribution in [2.24, 2.45) is 5.92 Å². The van der Waals surface area contributed by atoms with Gasteiger partial charge in [0.1, 0.15) is 5.69 Å². The highest BCUT2D eigenvalue weighted by molar-refractivity contribution is 7.89. The number of carbonyl (C=O) groups is 1. The molecule has 0 atom stereocenters. The number of nitrogens with zero attached hydrogens (tertiary/aromatic N) is 3. The van der Waals surface area contributed by atoms with Crippen molar-refractivity contribution in [1.82, 2.24) is 14.4 Å². The topological polar surface area (TPSA) is 105 Å². The van der Waals surface area contributed by atoms with Crippen LogP contribution >= 0.6 is 22.7 Å². The SMILES string of the molecule is Cc1noc(C=Cc2cccs2)c1S(=O)(=O)N1CCC(C(=O)Nc2nccs2)CC1. The van der Waals surface area contributed by atoms with Crippen LogP contribution in [0.2, 0.25) is 0 Å². The lowest BCUT2D eigenvalue weighted by Gasteiger charge is -2.30. The molecule has 0 radical (unpaired) electrons. The number of nitrogens with one attached hydrogen (secondary N) is 1. The van der Waals surface area contributed by atoms with E-state index in [1.165, 1.54) is 15.6 Å². The summed E-state index contributed by atoms with van der Waals surface area (Å²) in [5.74, 6) is -0.158. The molecule has 3 aromatic heterocycles. The first kappa shape index (κ1) is 20.9. The number of aryl methyl sites for hydroxylation is 1. The van der Waals surface area contributed by atoms with Gasteiger partial charge < -0.3 is 9.84 Å². The molecule has 11 heteroatoms. The second kappa shape index (κ2) is 8.80. The zero-order chi connectivity index (χ0) is 21.1. The van der Waals surface area contributed by atoms with Crippen molar-refractivity contribution >= 4 is 55.9 Å². The molecule has 8 nitrogen and oxygen atoms in total. The highest BCUT2D eigenvalue weighted by Crippen LogP contribution is 2.30. The van der Waals surface area contributed by atoms with Crippen LogP contribution in [0.25, 0.3) is 12.2 Å². The van der Waals surface area contributed by atoms with E-state index >= 15 is 0 Å². The fourth-order valence-corrected chi connectivity index (χ4v) is 6.19. The van der Waals surface area contributed by atoms with Crippen LogP contribution < -0.4 is 5.32 Å². The molecule has 1 amide bonds. The number of carbonyl (C=O) groups excluding carboxylic acids is 1. The van der Waals surface area contributed by atoms with Crippen LogP contribution in [0.3, 0.4) is 0 Å². The predicted molar refractivity (Wildman–Crippen MR) is 117 cm³/mol. The Morgan fingerprint density at radius 2 is 2.07 bits per heavy atom. The minimum atomic E-state index is -3.78. The van der Waals surface area contributed by atoms with Gasteiger partial charge in [-0.25, -0.2) is 13.4 Å². The number of piperidine rings is 1. The monoisotopic (exact) mass is 464 g/mol. The van der Waals surface area contributed by atoms with E-state index in [4.69, 9.17) is 4.52 Å². The van der Waals surface area contributed by atoms with Crippen LogP contribution in [-0.4, -0.2) is 41.9 Å². The Hall–Kier alpha value is -2.34. The number of amides is 1. The summed E-state index contributed by atoms with van der Waals surface area (Å²) in [5, 5.41) is 10.9. The second-order valence-corrected chi connectivity index (χ2v) is 10.6. The second-order valence-electron chi connectivity index (χ2n) is 6.81. The molecule has 3 aromatic rings. The molecule has 1 saturated heterocycles. The van der Waals surface area contributed by atoms with Crippen molar-refractivity contribution in [1.29, 1.82) is 0 Å². The van der Waals surface area contributed by atoms with Gasteiger partial charge in [0.15, 0.2) is 15.8 Å². The van der Waals surface area contributed by atoms with Crippen molar-refractivity contribution < 1.29 is 17.7 Å². The molecule has 4 rings (SSSR count). The molecule has 0 saturated carbocycles. The Kier molecular flexibility index (Phi) is 6.14. The van der Waals surface area contributed by atoms with Gasteiger partial charge in [0, 0.05) is 35.5 Å². The third-order valence-electron chi connectivity index (χ3n) is 4.86. The first-order chi connectivity index (χ1) is 14.4. The highest BCUT2D eigenvalue weighted by atomic mass is 32.2. The summed E-state index contributed by atoms with van der Waals surface area (Å²) < 4.78 is 33.2. The Balaban J connectivity index is 1.46. The molecule has 0 unspecified atom stereocenters. The molecule has 158 valence electrons. The summed E-state index contributed by atoms with van der Waals surface area (Å²) in [4.78, 5) is 17.5. The first-order valence-electron chi connectivity index (χ1n) is 9.33. The van der Waals surface area contributed by atoms with Gasteiger partial charge >= 0.3 is 0 Å². The van der Waals surface area contributed by atoms with Crippen molar-refractivity contribution in [3.63, 3.8) is 0 Å². The van der Waals surface area contributed by atoms with E-state index < -0.39 is 10.0 Å². The Morgan fingerprint density at radius 3 is 2.73 bits per heavy atom. The maximum atomic E-state index is 13.3. The van der Waals surface area contributed by atoms with Crippen molar-refractivity contribution in [2.75, 3.05) is 18.4 Å². The van der Waals surface area contributed by atoms with E-state index in [2.05, 4.69) is 15.5 Å². The van der Waals surface area contributed by atoms with E-state index in [0.717, 1.165) is 4.88 Å². The summed E-state index contributed by atoms with van der Waals surface area (Å²) in [7, 11) is -3.78. The molecule has 0 bridgehead atoms. The molecule has 30 heavy (non-hydrogen) atoms. The number of hydrogen-bond acceptors (Lipinski definition) is 8. The van der Waals surface area contributed by atoms with E-state index in [9.17, 15) is 13.2 Å². The third-order valence-corrected chi connectivity index (χ3v) is 8.44. The average Bonchev–Trinajstić information content (AvgIpc) is 3.49. The molecule has 0 aliphatic carbocycles. The van der Waals surface area contributed by atoms with E-state index in [-0.39, 0.29) is 35.6 Å². The zero-order valence-electron chi connectivity index (χ0n) is 16.1. The quantitative estimate of drug-likeness (QED) is 0.596. The fraction of sp³-hybridized carbons (Fsp3) is 0.316. The van der Waals surface area contributed by atoms with E-state index in [1.54, 1.807) is 42.0 Å². The fourth-order valence-electron chi connectivity index (χ4n) is 3.32. The van der Waals surface area contributed by atoms with Gasteiger partial charge in [0.25, 0.3) is 0 Å². The number of sulfonamides is 1. The molecule has 1 fully saturated rings. The lowest BCUT2D eigenvalue weighted by Crippen LogP contribution is -2.41. The maximum Gasteiger partial charge on any atom is 0.248 e. The normalized spacial score (nSPS) is 16.3. The van der Waals surface area contributed by atoms with Crippen LogP contribution in [-0.2, 0) is 14.8 Å². The third kappa shape index (κ3) is 4.38. The Bertz CT molecular complexity index is 1130. The lowest BCUT2D eigenvalue weighted by molar-refractivity contribution is -0.120. The highest BCUT2D eigenvalue weighted by Gasteiger charge is 2.36. The first-order valence-corrected chi connectivity index (χ1v) is 12.5. The molecule has 4 heterocycles. The summed E-state index contributed by atoms with van der Waals surface area (Å²) in [6.45, 7) is 2.14. The van der Waals surface area contributed by atoms with Gasteiger partial charge in [-0.15, -0.1) is 22.7 Å². The summed E-state index contributed by atoms with van der Waals surface area (Å²) in [5.41, 5.74) is 0.324. The van der Waals surface area contributed by atoms with Crippen LogP contribution in [0.15, 0.2) is 38.5 Å². The minimum absolute atomic E-state index is 0.0843. The van der Waals surface area contributed by atoms with Gasteiger partial charge in [0.2, 0.25) is 15.9 Å². The van der Waals surface area contributed by atoms with Crippen LogP contribution in [0.5, 0.6) is 0 Å². The Morgan fingerprint density at radius 1 is 1.27 bits per heavy atom. The molecule has 1 N–H and O–H groups in total. The predicted octanol–water partition coefficient (Wildman–Crippen LogP) is 3.71. The Labute approximate surface area is 182 Å². The van der Waals surface area contributed by atoms with Crippen molar-refractivity contribution in [2.45, 2.75) is 24.7 Å². The van der Waals surface area contributed by atoms with Crippen LogP contribution in [0, 0.1) is 12.8 Å². The number of rotatable bonds is 6. The smallest absolute Gasteiger partial charge is 0.248 e. The van der Waals surface area contributed by atoms with Gasteiger partial charge in [-0.05, 0) is 43.4 Å². The standard InChI is InChI=1S/C19H20N4O4S3/c1-13-17(16(27-22-13)5-4-15-3-2-11-28-15)30(25,26)23-9-6-14(7-10-23)18(24)21-19-20-8-12-29-19/h2-5,8,11-12,14H,6-7,9-10H2,1H3,(H,20,21,24). The largest absolute Gasteiger partial charge is 0.355 e. The molecular formula is C19H20N4O4S3. The van der Waals surface area contributed by atoms with Crippen molar-refractivity contribution in [3.8, 4) is 0 Å². The number of anilines is 1. The summed E-state index contributed by atoms with van der Waals surface area (Å²) in [6.07, 6.45) is 5.95. The van der Waals surface area contributed by atoms with E-state index in [1.807, 2.05) is 17.5 Å². The summed E-state index contributed by atoms with van der Waals surface area (Å²) >= 11 is 2.90. The number of aromatic nitrogens is 2. The van der Waals surface area contributed by atoms with Gasteiger partial charge in [-0.3, -0.25) is 4.79 Å². The van der Waals surface area contributed by atoms with E-state index in [0.29, 0.717) is 23.7 Å². The lowest BCUT2D eigenvalue weighted by atomic mass is 9.97. The number of hydrogen-bond donors (Lipinski definition) is 1. The van der Waals surface area contributed by atoms with Gasteiger partial charge in [-0.2, -0.15) is 4.31 Å². The van der Waals surface area contributed by atoms with Crippen LogP contribution in [0.4, 0.5) is 5.13 Å². The molecule has 0 spiro atoms. The molecule has 0 aromatic carbocycles. The number of thiophene rings is 1. The minimum Gasteiger partial charge on any atom is -0.355 e. The van der Waals surface area contributed by atoms with Gasteiger partial charge in [-0.1, -0.05) is 11.2 Å².